The van der Waals surface area contributed by atoms with E-state index in [0.717, 1.165) is 36.6 Å². The molecule has 1 aromatic rings. The number of carbonyl (C=O) groups is 1. The molecular weight excluding hydrogens is 324 g/mol. The summed E-state index contributed by atoms with van der Waals surface area (Å²) in [6.45, 7) is 4.08. The lowest BCUT2D eigenvalue weighted by atomic mass is 9.83. The molecule has 0 unspecified atom stereocenters. The summed E-state index contributed by atoms with van der Waals surface area (Å²) in [6.07, 6.45) is 7.42. The highest BCUT2D eigenvalue weighted by molar-refractivity contribution is 5.94. The highest BCUT2D eigenvalue weighted by Gasteiger charge is 2.31. The number of aliphatic imine (C=N–C) groups is 1. The van der Waals surface area contributed by atoms with Crippen LogP contribution < -0.4 is 10.6 Å². The summed E-state index contributed by atoms with van der Waals surface area (Å²) in [5, 5.41) is 6.91. The van der Waals surface area contributed by atoms with E-state index in [1.165, 1.54) is 32.1 Å². The second kappa shape index (κ2) is 9.60. The lowest BCUT2D eigenvalue weighted by Crippen LogP contribution is -2.43. The average molecular weight is 359 g/mol. The lowest BCUT2D eigenvalue weighted by molar-refractivity contribution is 0.0827. The number of guanidine groups is 1. The van der Waals surface area contributed by atoms with Gasteiger partial charge in [-0.15, -0.1) is 0 Å². The van der Waals surface area contributed by atoms with Crippen LogP contribution in [0.25, 0.3) is 0 Å². The Bertz CT molecular complexity index is 618. The van der Waals surface area contributed by atoms with Crippen molar-refractivity contribution in [2.45, 2.75) is 45.4 Å². The van der Waals surface area contributed by atoms with Crippen LogP contribution in [0, 0.1) is 5.41 Å². The van der Waals surface area contributed by atoms with Crippen LogP contribution in [0.4, 0.5) is 0 Å². The van der Waals surface area contributed by atoms with Gasteiger partial charge in [-0.2, -0.15) is 0 Å². The molecule has 0 radical (unpaired) electrons. The van der Waals surface area contributed by atoms with E-state index in [4.69, 9.17) is 0 Å². The third-order valence-corrected chi connectivity index (χ3v) is 5.55. The molecule has 1 aliphatic rings. The summed E-state index contributed by atoms with van der Waals surface area (Å²) in [7, 11) is 5.37. The summed E-state index contributed by atoms with van der Waals surface area (Å²) in [5.74, 6) is 0.906. The SMILES string of the molecule is CCC1(CNC(=NC)NCCc2cccc(C(=O)N(C)C)c2)CCCC1. The Morgan fingerprint density at radius 2 is 1.96 bits per heavy atom. The molecule has 1 aromatic carbocycles. The Morgan fingerprint density at radius 3 is 2.58 bits per heavy atom. The van der Waals surface area contributed by atoms with Gasteiger partial charge >= 0.3 is 0 Å². The second-order valence-corrected chi connectivity index (χ2v) is 7.56. The van der Waals surface area contributed by atoms with E-state index < -0.39 is 0 Å². The summed E-state index contributed by atoms with van der Waals surface area (Å²) in [5.41, 5.74) is 2.33. The first-order chi connectivity index (χ1) is 12.5. The van der Waals surface area contributed by atoms with Gasteiger partial charge in [0.1, 0.15) is 0 Å². The molecule has 1 amide bonds. The minimum Gasteiger partial charge on any atom is -0.356 e. The molecular formula is C21H34N4O. The van der Waals surface area contributed by atoms with Crippen molar-refractivity contribution in [3.05, 3.63) is 35.4 Å². The highest BCUT2D eigenvalue weighted by Crippen LogP contribution is 2.40. The van der Waals surface area contributed by atoms with Crippen molar-refractivity contribution in [1.82, 2.24) is 15.5 Å². The van der Waals surface area contributed by atoms with Crippen LogP contribution >= 0.6 is 0 Å². The average Bonchev–Trinajstić information content (AvgIpc) is 3.13. The maximum atomic E-state index is 12.1. The first-order valence-corrected chi connectivity index (χ1v) is 9.75. The smallest absolute Gasteiger partial charge is 0.253 e. The summed E-state index contributed by atoms with van der Waals surface area (Å²) >= 11 is 0. The van der Waals surface area contributed by atoms with Crippen LogP contribution in [0.1, 0.15) is 54.9 Å². The molecule has 1 aliphatic carbocycles. The first kappa shape index (κ1) is 20.3. The minimum absolute atomic E-state index is 0.0405. The number of hydrogen-bond donors (Lipinski definition) is 2. The predicted octanol–water partition coefficient (Wildman–Crippen LogP) is 3.07. The van der Waals surface area contributed by atoms with E-state index in [2.05, 4.69) is 28.6 Å². The fourth-order valence-electron chi connectivity index (χ4n) is 3.72. The molecule has 2 rings (SSSR count). The Kier molecular flexibility index (Phi) is 7.49. The zero-order valence-corrected chi connectivity index (χ0v) is 16.8. The number of amides is 1. The van der Waals surface area contributed by atoms with E-state index in [0.29, 0.717) is 5.41 Å². The van der Waals surface area contributed by atoms with Crippen molar-refractivity contribution in [3.63, 3.8) is 0 Å². The van der Waals surface area contributed by atoms with E-state index in [9.17, 15) is 4.79 Å². The quantitative estimate of drug-likeness (QED) is 0.582. The van der Waals surface area contributed by atoms with Crippen LogP contribution in [-0.2, 0) is 6.42 Å². The van der Waals surface area contributed by atoms with Crippen LogP contribution in [-0.4, -0.2) is 51.0 Å². The van der Waals surface area contributed by atoms with Gasteiger partial charge in [0.15, 0.2) is 5.96 Å². The van der Waals surface area contributed by atoms with Crippen molar-refractivity contribution >= 4 is 11.9 Å². The van der Waals surface area contributed by atoms with Crippen molar-refractivity contribution in [2.75, 3.05) is 34.2 Å². The van der Waals surface area contributed by atoms with Gasteiger partial charge in [-0.25, -0.2) is 0 Å². The van der Waals surface area contributed by atoms with E-state index in [-0.39, 0.29) is 5.91 Å². The summed E-state index contributed by atoms with van der Waals surface area (Å²) in [4.78, 5) is 18.0. The third-order valence-electron chi connectivity index (χ3n) is 5.55. The van der Waals surface area contributed by atoms with Crippen LogP contribution in [0.15, 0.2) is 29.3 Å². The summed E-state index contributed by atoms with van der Waals surface area (Å²) < 4.78 is 0. The molecule has 0 aromatic heterocycles. The predicted molar refractivity (Wildman–Crippen MR) is 109 cm³/mol. The normalized spacial score (nSPS) is 16.4. The molecule has 5 nitrogen and oxygen atoms in total. The van der Waals surface area contributed by atoms with Crippen molar-refractivity contribution in [3.8, 4) is 0 Å². The molecule has 2 N–H and O–H groups in total. The molecule has 0 atom stereocenters. The Balaban J connectivity index is 1.82. The van der Waals surface area contributed by atoms with Gasteiger partial charge in [-0.05, 0) is 48.8 Å². The van der Waals surface area contributed by atoms with Gasteiger partial charge in [0.25, 0.3) is 5.91 Å². The van der Waals surface area contributed by atoms with Crippen LogP contribution in [0.5, 0.6) is 0 Å². The molecule has 0 heterocycles. The Hall–Kier alpha value is -2.04. The zero-order valence-electron chi connectivity index (χ0n) is 16.8. The Labute approximate surface area is 158 Å². The van der Waals surface area contributed by atoms with Gasteiger partial charge in [0.2, 0.25) is 0 Å². The molecule has 5 heteroatoms. The van der Waals surface area contributed by atoms with E-state index in [1.54, 1.807) is 19.0 Å². The fraction of sp³-hybridized carbons (Fsp3) is 0.619. The first-order valence-electron chi connectivity index (χ1n) is 9.75. The maximum absolute atomic E-state index is 12.1. The number of nitrogens with zero attached hydrogens (tertiary/aromatic N) is 2. The molecule has 0 saturated heterocycles. The fourth-order valence-corrected chi connectivity index (χ4v) is 3.72. The van der Waals surface area contributed by atoms with Crippen LogP contribution in [0.3, 0.4) is 0 Å². The van der Waals surface area contributed by atoms with Gasteiger partial charge in [0, 0.05) is 39.8 Å². The minimum atomic E-state index is 0.0405. The van der Waals surface area contributed by atoms with Gasteiger partial charge in [0.05, 0.1) is 0 Å². The number of benzene rings is 1. The van der Waals surface area contributed by atoms with E-state index in [1.807, 2.05) is 25.2 Å². The molecule has 1 saturated carbocycles. The Morgan fingerprint density at radius 1 is 1.23 bits per heavy atom. The van der Waals surface area contributed by atoms with Gasteiger partial charge in [-0.1, -0.05) is 31.9 Å². The van der Waals surface area contributed by atoms with Crippen molar-refractivity contribution in [1.29, 1.82) is 0 Å². The molecule has 26 heavy (non-hydrogen) atoms. The van der Waals surface area contributed by atoms with Gasteiger partial charge < -0.3 is 15.5 Å². The topological polar surface area (TPSA) is 56.7 Å². The number of nitrogens with one attached hydrogen (secondary N) is 2. The van der Waals surface area contributed by atoms with Gasteiger partial charge in [-0.3, -0.25) is 9.79 Å². The molecule has 0 spiro atoms. The van der Waals surface area contributed by atoms with Crippen molar-refractivity contribution < 1.29 is 4.79 Å². The zero-order chi connectivity index (χ0) is 19.0. The number of rotatable bonds is 7. The third kappa shape index (κ3) is 5.48. The van der Waals surface area contributed by atoms with Crippen molar-refractivity contribution in [2.24, 2.45) is 10.4 Å². The standard InChI is InChI=1S/C21H34N4O/c1-5-21(12-6-7-13-21)16-24-20(22-2)23-14-11-17-9-8-10-18(15-17)19(26)25(3)4/h8-10,15H,5-7,11-14,16H2,1-4H3,(H2,22,23,24). The van der Waals surface area contributed by atoms with E-state index >= 15 is 0 Å². The highest BCUT2D eigenvalue weighted by atomic mass is 16.2. The maximum Gasteiger partial charge on any atom is 0.253 e. The number of carbonyl (C=O) groups excluding carboxylic acids is 1. The molecule has 144 valence electrons. The second-order valence-electron chi connectivity index (χ2n) is 7.56. The molecule has 1 fully saturated rings. The molecule has 0 bridgehead atoms. The lowest BCUT2D eigenvalue weighted by Gasteiger charge is -2.28. The monoisotopic (exact) mass is 358 g/mol. The summed E-state index contributed by atoms with van der Waals surface area (Å²) in [6, 6.07) is 7.86. The number of hydrogen-bond acceptors (Lipinski definition) is 2. The van der Waals surface area contributed by atoms with Crippen LogP contribution in [0.2, 0.25) is 0 Å². The molecule has 0 aliphatic heterocycles. The largest absolute Gasteiger partial charge is 0.356 e.